The van der Waals surface area contributed by atoms with E-state index in [1.54, 1.807) is 17.3 Å². The number of urea groups is 1. The number of nitrogens with zero attached hydrogens (tertiary/aromatic N) is 3. The van der Waals surface area contributed by atoms with Gasteiger partial charge in [0.15, 0.2) is 0 Å². The van der Waals surface area contributed by atoms with Crippen molar-refractivity contribution in [3.63, 3.8) is 0 Å². The van der Waals surface area contributed by atoms with E-state index in [0.29, 0.717) is 23.6 Å². The smallest absolute Gasteiger partial charge is 0.328 e. The Hall–Kier alpha value is -4.46. The normalized spacial score (nSPS) is 17.1. The van der Waals surface area contributed by atoms with E-state index in [-0.39, 0.29) is 11.8 Å². The van der Waals surface area contributed by atoms with Gasteiger partial charge in [-0.1, -0.05) is 30.3 Å². The number of carbonyl (C=O) groups is 1. The minimum atomic E-state index is -0.477. The predicted octanol–water partition coefficient (Wildman–Crippen LogP) is 5.49. The fourth-order valence-corrected chi connectivity index (χ4v) is 4.70. The highest BCUT2D eigenvalue weighted by Crippen LogP contribution is 2.36. The number of aryl methyl sites for hydroxylation is 1. The highest BCUT2D eigenvalue weighted by molar-refractivity contribution is 6.18. The largest absolute Gasteiger partial charge is 0.361 e. The van der Waals surface area contributed by atoms with Gasteiger partial charge in [-0.25, -0.2) is 14.2 Å². The van der Waals surface area contributed by atoms with Crippen LogP contribution in [-0.4, -0.2) is 33.4 Å². The van der Waals surface area contributed by atoms with Crippen molar-refractivity contribution in [1.82, 2.24) is 20.3 Å². The molecule has 0 spiro atoms. The van der Waals surface area contributed by atoms with Gasteiger partial charge in [0.2, 0.25) is 0 Å². The Morgan fingerprint density at radius 1 is 1.00 bits per heavy atom. The molecule has 3 N–H and O–H groups in total. The maximum Gasteiger partial charge on any atom is 0.328 e. The van der Waals surface area contributed by atoms with Gasteiger partial charge in [0.05, 0.1) is 17.4 Å². The zero-order valence-electron chi connectivity index (χ0n) is 18.8. The van der Waals surface area contributed by atoms with Gasteiger partial charge in [-0.3, -0.25) is 15.2 Å². The van der Waals surface area contributed by atoms with Crippen LogP contribution in [0.15, 0.2) is 84.2 Å². The zero-order valence-corrected chi connectivity index (χ0v) is 18.8. The number of aromatic amines is 2. The van der Waals surface area contributed by atoms with Crippen LogP contribution in [0, 0.1) is 5.82 Å². The first kappa shape index (κ1) is 21.1. The molecule has 1 aliphatic heterocycles. The quantitative estimate of drug-likeness (QED) is 0.289. The Bertz CT molecular complexity index is 1550. The second-order valence-electron chi connectivity index (χ2n) is 8.60. The maximum absolute atomic E-state index is 13.8. The van der Waals surface area contributed by atoms with E-state index in [9.17, 15) is 9.18 Å². The van der Waals surface area contributed by atoms with Crippen molar-refractivity contribution < 1.29 is 9.18 Å². The number of H-pyrrole nitrogens is 2. The van der Waals surface area contributed by atoms with Gasteiger partial charge in [-0.15, -0.1) is 0 Å². The molecular weight excluding hydrogens is 443 g/mol. The number of amides is 2. The van der Waals surface area contributed by atoms with Crippen LogP contribution in [-0.2, 0) is 6.42 Å². The third-order valence-electron chi connectivity index (χ3n) is 6.37. The predicted molar refractivity (Wildman–Crippen MR) is 135 cm³/mol. The van der Waals surface area contributed by atoms with Crippen molar-refractivity contribution in [1.29, 1.82) is 0 Å². The summed E-state index contributed by atoms with van der Waals surface area (Å²) in [6.07, 6.45) is 5.22. The zero-order chi connectivity index (χ0) is 23.8. The van der Waals surface area contributed by atoms with Crippen molar-refractivity contribution in [2.45, 2.75) is 18.9 Å². The number of anilines is 1. The molecule has 0 radical (unpaired) electrons. The van der Waals surface area contributed by atoms with Gasteiger partial charge in [0, 0.05) is 34.9 Å². The van der Waals surface area contributed by atoms with E-state index in [1.165, 1.54) is 17.7 Å². The highest BCUT2D eigenvalue weighted by atomic mass is 19.1. The van der Waals surface area contributed by atoms with E-state index in [1.807, 2.05) is 42.6 Å². The van der Waals surface area contributed by atoms with Gasteiger partial charge >= 0.3 is 6.03 Å². The van der Waals surface area contributed by atoms with E-state index in [0.717, 1.165) is 34.8 Å². The second kappa shape index (κ2) is 8.72. The summed E-state index contributed by atoms with van der Waals surface area (Å²) in [6, 6.07) is 19.8. The van der Waals surface area contributed by atoms with Crippen LogP contribution in [0.3, 0.4) is 0 Å². The molecule has 3 heterocycles. The number of fused-ring (bicyclic) bond motifs is 2. The molecule has 174 valence electrons. The molecule has 3 aromatic carbocycles. The molecule has 2 aromatic heterocycles. The average Bonchev–Trinajstić information content (AvgIpc) is 3.58. The number of aliphatic imine (C=N–C) groups is 1. The minimum Gasteiger partial charge on any atom is -0.361 e. The summed E-state index contributed by atoms with van der Waals surface area (Å²) in [6.45, 7) is 0.574. The summed E-state index contributed by atoms with van der Waals surface area (Å²) in [5, 5.41) is 3.82. The van der Waals surface area contributed by atoms with E-state index >= 15 is 0 Å². The number of imidazole rings is 1. The number of aromatic nitrogens is 3. The molecule has 0 saturated carbocycles. The third-order valence-corrected chi connectivity index (χ3v) is 6.37. The number of halogens is 1. The van der Waals surface area contributed by atoms with Gasteiger partial charge < -0.3 is 9.97 Å². The second-order valence-corrected chi connectivity index (χ2v) is 8.60. The van der Waals surface area contributed by atoms with Crippen LogP contribution in [0.4, 0.5) is 14.9 Å². The van der Waals surface area contributed by atoms with Crippen LogP contribution in [0.2, 0.25) is 0 Å². The first-order valence-corrected chi connectivity index (χ1v) is 11.6. The van der Waals surface area contributed by atoms with Gasteiger partial charge in [0.1, 0.15) is 17.7 Å². The van der Waals surface area contributed by atoms with Crippen LogP contribution in [0.5, 0.6) is 0 Å². The lowest BCUT2D eigenvalue weighted by Gasteiger charge is -2.23. The molecule has 1 atom stereocenters. The summed E-state index contributed by atoms with van der Waals surface area (Å²) in [4.78, 5) is 30.3. The number of benzene rings is 3. The summed E-state index contributed by atoms with van der Waals surface area (Å²) < 4.78 is 13.8. The molecule has 5 aromatic rings. The molecule has 35 heavy (non-hydrogen) atoms. The number of rotatable bonds is 6. The van der Waals surface area contributed by atoms with Crippen molar-refractivity contribution >= 4 is 39.5 Å². The van der Waals surface area contributed by atoms with E-state index in [2.05, 4.69) is 32.4 Å². The molecule has 8 heteroatoms. The molecule has 0 bridgehead atoms. The minimum absolute atomic E-state index is 0.261. The van der Waals surface area contributed by atoms with Gasteiger partial charge in [-0.05, 0) is 54.8 Å². The Kier molecular flexibility index (Phi) is 5.25. The lowest BCUT2D eigenvalue weighted by molar-refractivity contribution is 0.252. The average molecular weight is 467 g/mol. The fraction of sp³-hybridized carbons (Fsp3) is 0.148. The lowest BCUT2D eigenvalue weighted by Crippen LogP contribution is -2.29. The summed E-state index contributed by atoms with van der Waals surface area (Å²) in [5.74, 6) is 0.262. The lowest BCUT2D eigenvalue weighted by atomic mass is 10.0. The number of hydrogen-bond donors (Lipinski definition) is 3. The van der Waals surface area contributed by atoms with Gasteiger partial charge in [-0.2, -0.15) is 0 Å². The molecule has 1 unspecified atom stereocenters. The molecular formula is C27H23FN6O. The van der Waals surface area contributed by atoms with Crippen molar-refractivity contribution in [2.24, 2.45) is 4.99 Å². The molecule has 1 aliphatic rings. The SMILES string of the molecule is O=C1NC(=NCCCc2ccccc2)C(c2c[nH]c3cc(F)ccc23)N1c1ccc2[nH]cnc2c1. The molecule has 2 amide bonds. The molecule has 1 fully saturated rings. The van der Waals surface area contributed by atoms with Crippen molar-refractivity contribution in [3.8, 4) is 0 Å². The third kappa shape index (κ3) is 3.93. The summed E-state index contributed by atoms with van der Waals surface area (Å²) in [7, 11) is 0. The number of carbonyl (C=O) groups excluding carboxylic acids is 1. The van der Waals surface area contributed by atoms with Crippen LogP contribution in [0.1, 0.15) is 23.6 Å². The number of nitrogens with one attached hydrogen (secondary N) is 3. The monoisotopic (exact) mass is 466 g/mol. The molecule has 0 aliphatic carbocycles. The fourth-order valence-electron chi connectivity index (χ4n) is 4.70. The van der Waals surface area contributed by atoms with E-state index < -0.39 is 6.04 Å². The Labute approximate surface area is 200 Å². The van der Waals surface area contributed by atoms with Gasteiger partial charge in [0.25, 0.3) is 0 Å². The first-order valence-electron chi connectivity index (χ1n) is 11.6. The van der Waals surface area contributed by atoms with E-state index in [4.69, 9.17) is 4.99 Å². The summed E-state index contributed by atoms with van der Waals surface area (Å²) in [5.41, 5.74) is 5.14. The molecule has 6 rings (SSSR count). The topological polar surface area (TPSA) is 89.2 Å². The Balaban J connectivity index is 1.37. The first-order chi connectivity index (χ1) is 17.2. The molecule has 7 nitrogen and oxygen atoms in total. The highest BCUT2D eigenvalue weighted by Gasteiger charge is 2.40. The Morgan fingerprint density at radius 2 is 1.89 bits per heavy atom. The van der Waals surface area contributed by atoms with Crippen molar-refractivity contribution in [2.75, 3.05) is 11.4 Å². The number of hydrogen-bond acceptors (Lipinski definition) is 3. The van der Waals surface area contributed by atoms with Crippen LogP contribution >= 0.6 is 0 Å². The standard InChI is InChI=1S/C27H23FN6O/c28-18-8-10-20-21(15-30-23(20)13-18)25-26(29-12-4-7-17-5-2-1-3-6-17)33-27(35)34(25)19-9-11-22-24(14-19)32-16-31-22/h1-3,5-6,8-11,13-16,25,30H,4,7,12H2,(H,31,32)(H,29,33,35). The number of amidine groups is 1. The van der Waals surface area contributed by atoms with Crippen LogP contribution < -0.4 is 10.2 Å². The van der Waals surface area contributed by atoms with Crippen molar-refractivity contribution in [3.05, 3.63) is 96.2 Å². The maximum atomic E-state index is 13.8. The Morgan fingerprint density at radius 3 is 2.77 bits per heavy atom. The molecule has 1 saturated heterocycles. The summed E-state index contributed by atoms with van der Waals surface area (Å²) >= 11 is 0. The van der Waals surface area contributed by atoms with Crippen LogP contribution in [0.25, 0.3) is 21.9 Å².